The summed E-state index contributed by atoms with van der Waals surface area (Å²) < 4.78 is 13.0. The number of rotatable bonds is 7. The number of benzene rings is 1. The van der Waals surface area contributed by atoms with E-state index in [1.807, 2.05) is 7.05 Å². The summed E-state index contributed by atoms with van der Waals surface area (Å²) in [6.07, 6.45) is 3.49. The van der Waals surface area contributed by atoms with Gasteiger partial charge in [-0.2, -0.15) is 0 Å². The lowest BCUT2D eigenvalue weighted by atomic mass is 10.1. The van der Waals surface area contributed by atoms with Crippen LogP contribution in [-0.2, 0) is 11.2 Å². The van der Waals surface area contributed by atoms with E-state index in [-0.39, 0.29) is 11.7 Å². The number of halogens is 1. The largest absolute Gasteiger partial charge is 0.319 e. The van der Waals surface area contributed by atoms with E-state index in [1.165, 1.54) is 28.3 Å². The Morgan fingerprint density at radius 1 is 1.35 bits per heavy atom. The summed E-state index contributed by atoms with van der Waals surface area (Å²) in [6, 6.07) is 6.56. The molecule has 122 valence electrons. The Labute approximate surface area is 139 Å². The van der Waals surface area contributed by atoms with Crippen LogP contribution in [0.25, 0.3) is 0 Å². The van der Waals surface area contributed by atoms with Crippen molar-refractivity contribution in [1.82, 2.24) is 10.3 Å². The monoisotopic (exact) mass is 333 g/mol. The SMILES string of the molecule is CNCCC(=O)Nc1nc(C2CC2)c(Cc2ccc(F)cc2)s1. The summed E-state index contributed by atoms with van der Waals surface area (Å²) in [6.45, 7) is 0.648. The number of thiazole rings is 1. The molecule has 1 fully saturated rings. The highest BCUT2D eigenvalue weighted by Gasteiger charge is 2.29. The molecule has 4 nitrogen and oxygen atoms in total. The van der Waals surface area contributed by atoms with E-state index in [0.29, 0.717) is 24.0 Å². The summed E-state index contributed by atoms with van der Waals surface area (Å²) in [7, 11) is 1.82. The van der Waals surface area contributed by atoms with Gasteiger partial charge in [-0.25, -0.2) is 9.37 Å². The van der Waals surface area contributed by atoms with Gasteiger partial charge < -0.3 is 10.6 Å². The molecule has 2 N–H and O–H groups in total. The van der Waals surface area contributed by atoms with Crippen LogP contribution in [0, 0.1) is 5.82 Å². The fourth-order valence-corrected chi connectivity index (χ4v) is 3.53. The Hall–Kier alpha value is -1.79. The molecule has 1 aliphatic rings. The second kappa shape index (κ2) is 7.19. The zero-order chi connectivity index (χ0) is 16.2. The van der Waals surface area contributed by atoms with E-state index >= 15 is 0 Å². The molecule has 1 saturated carbocycles. The van der Waals surface area contributed by atoms with Crippen LogP contribution in [0.15, 0.2) is 24.3 Å². The fraction of sp³-hybridized carbons (Fsp3) is 0.412. The van der Waals surface area contributed by atoms with E-state index < -0.39 is 0 Å². The number of aromatic nitrogens is 1. The maximum Gasteiger partial charge on any atom is 0.227 e. The van der Waals surface area contributed by atoms with Crippen molar-refractivity contribution in [2.24, 2.45) is 0 Å². The smallest absolute Gasteiger partial charge is 0.227 e. The number of carbonyl (C=O) groups excluding carboxylic acids is 1. The second-order valence-corrected chi connectivity index (χ2v) is 6.89. The predicted octanol–water partition coefficient (Wildman–Crippen LogP) is 3.30. The van der Waals surface area contributed by atoms with E-state index in [9.17, 15) is 9.18 Å². The minimum Gasteiger partial charge on any atom is -0.319 e. The van der Waals surface area contributed by atoms with Crippen LogP contribution >= 0.6 is 11.3 Å². The van der Waals surface area contributed by atoms with Crippen molar-refractivity contribution in [2.45, 2.75) is 31.6 Å². The van der Waals surface area contributed by atoms with Crippen LogP contribution in [0.4, 0.5) is 9.52 Å². The van der Waals surface area contributed by atoms with Gasteiger partial charge in [-0.1, -0.05) is 12.1 Å². The van der Waals surface area contributed by atoms with Gasteiger partial charge in [-0.3, -0.25) is 4.79 Å². The maximum atomic E-state index is 13.0. The van der Waals surface area contributed by atoms with E-state index in [2.05, 4.69) is 15.6 Å². The van der Waals surface area contributed by atoms with Crippen molar-refractivity contribution in [3.05, 3.63) is 46.2 Å². The highest BCUT2D eigenvalue weighted by Crippen LogP contribution is 2.44. The summed E-state index contributed by atoms with van der Waals surface area (Å²) >= 11 is 1.53. The summed E-state index contributed by atoms with van der Waals surface area (Å²) in [5.74, 6) is 0.270. The third kappa shape index (κ3) is 4.36. The number of nitrogens with one attached hydrogen (secondary N) is 2. The molecule has 2 aromatic rings. The Morgan fingerprint density at radius 3 is 2.74 bits per heavy atom. The summed E-state index contributed by atoms with van der Waals surface area (Å²) in [5, 5.41) is 6.51. The number of hydrogen-bond acceptors (Lipinski definition) is 4. The average molecular weight is 333 g/mol. The quantitative estimate of drug-likeness (QED) is 0.817. The first-order valence-corrected chi connectivity index (χ1v) is 8.66. The van der Waals surface area contributed by atoms with Gasteiger partial charge in [0.15, 0.2) is 5.13 Å². The summed E-state index contributed by atoms with van der Waals surface area (Å²) in [5.41, 5.74) is 2.16. The van der Waals surface area contributed by atoms with Crippen LogP contribution in [0.1, 0.15) is 41.3 Å². The Kier molecular flexibility index (Phi) is 5.03. The molecular weight excluding hydrogens is 313 g/mol. The molecule has 0 atom stereocenters. The van der Waals surface area contributed by atoms with Crippen LogP contribution in [0.2, 0.25) is 0 Å². The average Bonchev–Trinajstić information content (AvgIpc) is 3.31. The van der Waals surface area contributed by atoms with E-state index in [1.54, 1.807) is 12.1 Å². The zero-order valence-electron chi connectivity index (χ0n) is 13.1. The molecule has 1 aromatic heterocycles. The van der Waals surface area contributed by atoms with Crippen LogP contribution < -0.4 is 10.6 Å². The first kappa shape index (κ1) is 16.1. The number of carbonyl (C=O) groups is 1. The van der Waals surface area contributed by atoms with Gasteiger partial charge in [-0.05, 0) is 37.6 Å². The molecule has 1 heterocycles. The highest BCUT2D eigenvalue weighted by molar-refractivity contribution is 7.15. The minimum absolute atomic E-state index is 0.0243. The number of nitrogens with zero attached hydrogens (tertiary/aromatic N) is 1. The van der Waals surface area contributed by atoms with Gasteiger partial charge >= 0.3 is 0 Å². The zero-order valence-corrected chi connectivity index (χ0v) is 13.9. The third-order valence-electron chi connectivity index (χ3n) is 3.82. The van der Waals surface area contributed by atoms with Gasteiger partial charge in [0, 0.05) is 30.2 Å². The van der Waals surface area contributed by atoms with Gasteiger partial charge in [0.2, 0.25) is 5.91 Å². The van der Waals surface area contributed by atoms with Crippen LogP contribution in [-0.4, -0.2) is 24.5 Å². The van der Waals surface area contributed by atoms with Gasteiger partial charge in [0.05, 0.1) is 5.69 Å². The minimum atomic E-state index is -0.224. The van der Waals surface area contributed by atoms with Gasteiger partial charge in [0.1, 0.15) is 5.82 Å². The Bertz CT molecular complexity index is 680. The molecule has 0 spiro atoms. The Balaban J connectivity index is 1.73. The normalized spacial score (nSPS) is 14.0. The fourth-order valence-electron chi connectivity index (χ4n) is 2.43. The molecule has 3 rings (SSSR count). The van der Waals surface area contributed by atoms with Gasteiger partial charge in [0.25, 0.3) is 0 Å². The molecule has 1 aromatic carbocycles. The lowest BCUT2D eigenvalue weighted by Gasteiger charge is -2.01. The highest BCUT2D eigenvalue weighted by atomic mass is 32.1. The molecule has 6 heteroatoms. The second-order valence-electron chi connectivity index (χ2n) is 5.81. The van der Waals surface area contributed by atoms with Crippen molar-refractivity contribution < 1.29 is 9.18 Å². The molecule has 0 saturated heterocycles. The van der Waals surface area contributed by atoms with Crippen molar-refractivity contribution in [3.8, 4) is 0 Å². The van der Waals surface area contributed by atoms with Crippen LogP contribution in [0.3, 0.4) is 0 Å². The van der Waals surface area contributed by atoms with E-state index in [0.717, 1.165) is 30.5 Å². The van der Waals surface area contributed by atoms with Crippen molar-refractivity contribution in [2.75, 3.05) is 18.9 Å². The molecule has 0 radical (unpaired) electrons. The topological polar surface area (TPSA) is 54.0 Å². The van der Waals surface area contributed by atoms with Crippen LogP contribution in [0.5, 0.6) is 0 Å². The Morgan fingerprint density at radius 2 is 2.09 bits per heavy atom. The molecule has 23 heavy (non-hydrogen) atoms. The van der Waals surface area contributed by atoms with E-state index in [4.69, 9.17) is 0 Å². The lowest BCUT2D eigenvalue weighted by Crippen LogP contribution is -2.18. The molecule has 0 unspecified atom stereocenters. The maximum absolute atomic E-state index is 13.0. The van der Waals surface area contributed by atoms with Crippen molar-refractivity contribution in [3.63, 3.8) is 0 Å². The molecule has 1 amide bonds. The van der Waals surface area contributed by atoms with Crippen molar-refractivity contribution >= 4 is 22.4 Å². The number of anilines is 1. The standard InChI is InChI=1S/C17H20FN3OS/c1-19-9-8-15(22)20-17-21-16(12-4-5-12)14(23-17)10-11-2-6-13(18)7-3-11/h2-3,6-7,12,19H,4-5,8-10H2,1H3,(H,20,21,22). The number of hydrogen-bond donors (Lipinski definition) is 2. The van der Waals surface area contributed by atoms with Crippen molar-refractivity contribution in [1.29, 1.82) is 0 Å². The molecule has 1 aliphatic carbocycles. The first-order chi connectivity index (χ1) is 11.2. The summed E-state index contributed by atoms with van der Waals surface area (Å²) in [4.78, 5) is 17.6. The molecule has 0 aliphatic heterocycles. The first-order valence-electron chi connectivity index (χ1n) is 7.84. The molecular formula is C17H20FN3OS. The lowest BCUT2D eigenvalue weighted by molar-refractivity contribution is -0.116. The predicted molar refractivity (Wildman–Crippen MR) is 90.5 cm³/mol. The van der Waals surface area contributed by atoms with Gasteiger partial charge in [-0.15, -0.1) is 11.3 Å². The molecule has 0 bridgehead atoms. The third-order valence-corrected chi connectivity index (χ3v) is 4.80. The number of amides is 1.